The molecule has 0 aromatic rings. The number of rotatable bonds is 5. The molecule has 0 saturated heterocycles. The van der Waals surface area contributed by atoms with Crippen LogP contribution in [0.1, 0.15) is 113 Å². The molecule has 0 aliphatic heterocycles. The number of aliphatic hydroxyl groups is 1. The van der Waals surface area contributed by atoms with E-state index in [1.54, 1.807) is 0 Å². The van der Waals surface area contributed by atoms with E-state index in [4.69, 9.17) is 0 Å². The molecule has 4 saturated carbocycles. The predicted octanol–water partition coefficient (Wildman–Crippen LogP) is 7.96. The van der Waals surface area contributed by atoms with Gasteiger partial charge in [0.25, 0.3) is 0 Å². The molecular weight excluding hydrogens is 364 g/mol. The molecule has 0 aromatic heterocycles. The summed E-state index contributed by atoms with van der Waals surface area (Å²) in [5.41, 5.74) is 1.10. The predicted molar refractivity (Wildman–Crippen MR) is 128 cm³/mol. The highest BCUT2D eigenvalue weighted by atomic mass is 16.3. The van der Waals surface area contributed by atoms with E-state index in [-0.39, 0.29) is 6.10 Å². The molecule has 0 heterocycles. The molecule has 4 rings (SSSR count). The van der Waals surface area contributed by atoms with Crippen molar-refractivity contribution in [2.45, 2.75) is 119 Å². The van der Waals surface area contributed by atoms with Crippen molar-refractivity contribution in [3.05, 3.63) is 0 Å². The molecule has 4 aliphatic rings. The van der Waals surface area contributed by atoms with Crippen molar-refractivity contribution < 1.29 is 5.11 Å². The van der Waals surface area contributed by atoms with Gasteiger partial charge in [0.1, 0.15) is 0 Å². The van der Waals surface area contributed by atoms with Gasteiger partial charge < -0.3 is 5.11 Å². The molecule has 0 bridgehead atoms. The summed E-state index contributed by atoms with van der Waals surface area (Å²) in [4.78, 5) is 0. The van der Waals surface area contributed by atoms with Crippen LogP contribution in [0.4, 0.5) is 0 Å². The third-order valence-corrected chi connectivity index (χ3v) is 12.1. The van der Waals surface area contributed by atoms with Crippen LogP contribution in [-0.2, 0) is 0 Å². The van der Waals surface area contributed by atoms with Gasteiger partial charge in [-0.2, -0.15) is 0 Å². The zero-order valence-electron chi connectivity index (χ0n) is 21.3. The Balaban J connectivity index is 1.47. The van der Waals surface area contributed by atoms with Crippen LogP contribution in [0, 0.1) is 64.1 Å². The second-order valence-electron chi connectivity index (χ2n) is 13.5. The second kappa shape index (κ2) is 8.39. The van der Waals surface area contributed by atoms with Crippen LogP contribution in [0.25, 0.3) is 0 Å². The first-order valence-electron chi connectivity index (χ1n) is 13.8. The first-order valence-corrected chi connectivity index (χ1v) is 13.8. The highest BCUT2D eigenvalue weighted by Crippen LogP contribution is 2.68. The van der Waals surface area contributed by atoms with Crippen molar-refractivity contribution in [3.8, 4) is 0 Å². The molecule has 0 aromatic carbocycles. The van der Waals surface area contributed by atoms with Gasteiger partial charge in [-0.1, -0.05) is 61.3 Å². The quantitative estimate of drug-likeness (QED) is 0.482. The Morgan fingerprint density at radius 3 is 2.10 bits per heavy atom. The summed E-state index contributed by atoms with van der Waals surface area (Å²) in [6.45, 7) is 17.6. The molecule has 0 spiro atoms. The van der Waals surface area contributed by atoms with E-state index >= 15 is 0 Å². The van der Waals surface area contributed by atoms with Crippen LogP contribution in [-0.4, -0.2) is 11.2 Å². The zero-order valence-corrected chi connectivity index (χ0v) is 21.3. The van der Waals surface area contributed by atoms with Crippen molar-refractivity contribution in [2.24, 2.45) is 64.1 Å². The van der Waals surface area contributed by atoms with Crippen molar-refractivity contribution in [3.63, 3.8) is 0 Å². The van der Waals surface area contributed by atoms with Gasteiger partial charge >= 0.3 is 0 Å². The Kier molecular flexibility index (Phi) is 6.47. The summed E-state index contributed by atoms with van der Waals surface area (Å²) < 4.78 is 0. The molecule has 1 nitrogen and oxygen atoms in total. The highest BCUT2D eigenvalue weighted by molar-refractivity contribution is 5.10. The average molecular weight is 417 g/mol. The Hall–Kier alpha value is -0.0400. The van der Waals surface area contributed by atoms with Gasteiger partial charge in [0.15, 0.2) is 0 Å². The topological polar surface area (TPSA) is 20.2 Å². The van der Waals surface area contributed by atoms with E-state index < -0.39 is 0 Å². The lowest BCUT2D eigenvalue weighted by molar-refractivity contribution is -0.149. The lowest BCUT2D eigenvalue weighted by Gasteiger charge is -2.62. The molecule has 30 heavy (non-hydrogen) atoms. The zero-order chi connectivity index (χ0) is 21.8. The fraction of sp³-hybridized carbons (Fsp3) is 1.00. The summed E-state index contributed by atoms with van der Waals surface area (Å²) >= 11 is 0. The molecule has 0 amide bonds. The molecule has 174 valence electrons. The molecular formula is C29H52O. The monoisotopic (exact) mass is 416 g/mol. The molecule has 0 unspecified atom stereocenters. The van der Waals surface area contributed by atoms with Crippen LogP contribution in [0.5, 0.6) is 0 Å². The van der Waals surface area contributed by atoms with Gasteiger partial charge in [0.05, 0.1) is 6.10 Å². The Morgan fingerprint density at radius 2 is 1.40 bits per heavy atom. The van der Waals surface area contributed by atoms with Crippen molar-refractivity contribution in [2.75, 3.05) is 0 Å². The van der Waals surface area contributed by atoms with Crippen molar-refractivity contribution in [1.82, 2.24) is 0 Å². The Labute approximate surface area is 188 Å². The summed E-state index contributed by atoms with van der Waals surface area (Å²) in [5, 5.41) is 10.5. The summed E-state index contributed by atoms with van der Waals surface area (Å²) in [6.07, 6.45) is 13.9. The van der Waals surface area contributed by atoms with Gasteiger partial charge in [-0.3, -0.25) is 0 Å². The smallest absolute Gasteiger partial charge is 0.0568 e. The van der Waals surface area contributed by atoms with Crippen LogP contribution in [0.15, 0.2) is 0 Å². The number of aliphatic hydroxyl groups excluding tert-OH is 1. The van der Waals surface area contributed by atoms with Gasteiger partial charge in [0, 0.05) is 0 Å². The molecule has 1 N–H and O–H groups in total. The summed E-state index contributed by atoms with van der Waals surface area (Å²) in [7, 11) is 0. The van der Waals surface area contributed by atoms with Crippen LogP contribution < -0.4 is 0 Å². The van der Waals surface area contributed by atoms with E-state index in [0.29, 0.717) is 16.7 Å². The highest BCUT2D eigenvalue weighted by Gasteiger charge is 2.61. The Bertz CT molecular complexity index is 597. The molecule has 4 fully saturated rings. The number of fused-ring (bicyclic) bond motifs is 5. The summed E-state index contributed by atoms with van der Waals surface area (Å²) in [6, 6.07) is 0. The van der Waals surface area contributed by atoms with Crippen LogP contribution in [0.3, 0.4) is 0 Å². The molecule has 0 radical (unpaired) electrons. The SMILES string of the molecule is CC(C)[C@H](C)CC[C@@H](C)[C@H]1CC[C@H]2[C@@H]3CC[C@@H]4[C@H](C)[C@@H](O)CC[C@]4(C)[C@H]3CC[C@]12C. The first kappa shape index (κ1) is 23.1. The van der Waals surface area contributed by atoms with Gasteiger partial charge in [-0.15, -0.1) is 0 Å². The van der Waals surface area contributed by atoms with E-state index in [2.05, 4.69) is 48.5 Å². The minimum absolute atomic E-state index is 0.0431. The maximum absolute atomic E-state index is 10.5. The van der Waals surface area contributed by atoms with E-state index in [9.17, 15) is 5.11 Å². The second-order valence-corrected chi connectivity index (χ2v) is 13.5. The standard InChI is InChI=1S/C29H52O/c1-18(2)19(3)8-9-20(4)23-12-13-25-22-10-11-24-21(5)27(30)15-17-29(24,7)26(22)14-16-28(23,25)6/h18-27,30H,8-17H2,1-7H3/t19-,20-,21+,22+,23-,24-,25+,26+,27+,28-,29+/m1/s1. The maximum atomic E-state index is 10.5. The van der Waals surface area contributed by atoms with Crippen molar-refractivity contribution in [1.29, 1.82) is 0 Å². The van der Waals surface area contributed by atoms with E-state index in [1.807, 2.05) is 0 Å². The fourth-order valence-corrected chi connectivity index (χ4v) is 9.75. The molecule has 1 heteroatoms. The van der Waals surface area contributed by atoms with Gasteiger partial charge in [0.2, 0.25) is 0 Å². The largest absolute Gasteiger partial charge is 0.393 e. The minimum atomic E-state index is -0.0431. The molecule has 4 aliphatic carbocycles. The lowest BCUT2D eigenvalue weighted by atomic mass is 9.43. The van der Waals surface area contributed by atoms with Crippen LogP contribution >= 0.6 is 0 Å². The van der Waals surface area contributed by atoms with Crippen molar-refractivity contribution >= 4 is 0 Å². The summed E-state index contributed by atoms with van der Waals surface area (Å²) in [5.74, 6) is 7.70. The minimum Gasteiger partial charge on any atom is -0.393 e. The number of hydrogen-bond acceptors (Lipinski definition) is 1. The van der Waals surface area contributed by atoms with Gasteiger partial charge in [-0.25, -0.2) is 0 Å². The van der Waals surface area contributed by atoms with Gasteiger partial charge in [-0.05, 0) is 115 Å². The Morgan fingerprint density at radius 1 is 0.767 bits per heavy atom. The lowest BCUT2D eigenvalue weighted by Crippen LogP contribution is -2.56. The van der Waals surface area contributed by atoms with Crippen LogP contribution in [0.2, 0.25) is 0 Å². The maximum Gasteiger partial charge on any atom is 0.0568 e. The fourth-order valence-electron chi connectivity index (χ4n) is 9.75. The molecule has 11 atom stereocenters. The van der Waals surface area contributed by atoms with E-state index in [0.717, 1.165) is 53.8 Å². The average Bonchev–Trinajstić information content (AvgIpc) is 3.06. The number of hydrogen-bond donors (Lipinski definition) is 1. The first-order chi connectivity index (χ1) is 14.1. The third kappa shape index (κ3) is 3.62. The third-order valence-electron chi connectivity index (χ3n) is 12.1. The van der Waals surface area contributed by atoms with E-state index in [1.165, 1.54) is 57.8 Å². The normalized spacial score (nSPS) is 50.5.